The van der Waals surface area contributed by atoms with Gasteiger partial charge in [0, 0.05) is 12.1 Å². The van der Waals surface area contributed by atoms with E-state index in [0.29, 0.717) is 34.1 Å². The zero-order valence-electron chi connectivity index (χ0n) is 16.1. The summed E-state index contributed by atoms with van der Waals surface area (Å²) in [5, 5.41) is 9.49. The predicted molar refractivity (Wildman–Crippen MR) is 105 cm³/mol. The third-order valence-corrected chi connectivity index (χ3v) is 5.58. The number of methoxy groups -OCH3 is 4. The van der Waals surface area contributed by atoms with Crippen molar-refractivity contribution in [2.24, 2.45) is 0 Å². The third-order valence-electron chi connectivity index (χ3n) is 3.99. The number of hydrogen-bond acceptors (Lipinski definition) is 7. The highest BCUT2D eigenvalue weighted by atomic mass is 32.2. The molecule has 0 N–H and O–H groups in total. The molecule has 2 aromatic carbocycles. The standard InChI is InChI=1S/C20H21NO6S/c1-24-15-7-5-14(6-8-15)13-28(22,23)17(12-21)11-18-19(26-3)9-16(25-2)10-20(18)27-4/h5-11H,13H2,1-4H3. The zero-order chi connectivity index (χ0) is 20.7. The molecule has 0 aliphatic rings. The van der Waals surface area contributed by atoms with Crippen LogP contribution in [0.5, 0.6) is 23.0 Å². The summed E-state index contributed by atoms with van der Waals surface area (Å²) in [5.41, 5.74) is 0.872. The number of benzene rings is 2. The average Bonchev–Trinajstić information content (AvgIpc) is 2.71. The SMILES string of the molecule is COc1ccc(CS(=O)(=O)C(C#N)=Cc2c(OC)cc(OC)cc2OC)cc1. The van der Waals surface area contributed by atoms with E-state index in [1.54, 1.807) is 42.5 Å². The fraction of sp³-hybridized carbons (Fsp3) is 0.250. The molecule has 148 valence electrons. The van der Waals surface area contributed by atoms with Crippen LogP contribution in [0.15, 0.2) is 41.3 Å². The van der Waals surface area contributed by atoms with Crippen molar-refractivity contribution in [3.8, 4) is 29.1 Å². The van der Waals surface area contributed by atoms with Crippen molar-refractivity contribution in [3.05, 3.63) is 52.4 Å². The Morgan fingerprint density at radius 1 is 0.929 bits per heavy atom. The number of sulfone groups is 1. The lowest BCUT2D eigenvalue weighted by molar-refractivity contribution is 0.374. The van der Waals surface area contributed by atoms with Gasteiger partial charge in [0.15, 0.2) is 9.84 Å². The van der Waals surface area contributed by atoms with Gasteiger partial charge in [-0.2, -0.15) is 5.26 Å². The first kappa shape index (κ1) is 21.1. The van der Waals surface area contributed by atoms with Gasteiger partial charge < -0.3 is 18.9 Å². The molecule has 0 saturated carbocycles. The zero-order valence-corrected chi connectivity index (χ0v) is 16.9. The molecule has 0 unspecified atom stereocenters. The monoisotopic (exact) mass is 403 g/mol. The number of nitriles is 1. The van der Waals surface area contributed by atoms with E-state index in [1.807, 2.05) is 0 Å². The lowest BCUT2D eigenvalue weighted by Gasteiger charge is -2.13. The van der Waals surface area contributed by atoms with Crippen LogP contribution >= 0.6 is 0 Å². The van der Waals surface area contributed by atoms with Crippen LogP contribution in [-0.4, -0.2) is 36.9 Å². The number of hydrogen-bond donors (Lipinski definition) is 0. The second-order valence-electron chi connectivity index (χ2n) is 5.67. The van der Waals surface area contributed by atoms with Gasteiger partial charge in [-0.25, -0.2) is 8.42 Å². The van der Waals surface area contributed by atoms with Gasteiger partial charge in [0.25, 0.3) is 0 Å². The summed E-state index contributed by atoms with van der Waals surface area (Å²) in [6, 6.07) is 11.5. The molecule has 2 rings (SSSR count). The van der Waals surface area contributed by atoms with Crippen LogP contribution in [0.3, 0.4) is 0 Å². The molecule has 0 heterocycles. The second-order valence-corrected chi connectivity index (χ2v) is 7.63. The maximum absolute atomic E-state index is 12.8. The summed E-state index contributed by atoms with van der Waals surface area (Å²) in [5.74, 6) is 1.42. The first-order valence-electron chi connectivity index (χ1n) is 8.16. The number of ether oxygens (including phenoxy) is 4. The summed E-state index contributed by atoms with van der Waals surface area (Å²) in [7, 11) is 1.99. The Bertz CT molecular complexity index is 979. The van der Waals surface area contributed by atoms with E-state index < -0.39 is 14.7 Å². The van der Waals surface area contributed by atoms with Gasteiger partial charge in [-0.05, 0) is 23.8 Å². The van der Waals surface area contributed by atoms with Crippen LogP contribution in [0.4, 0.5) is 0 Å². The Hall–Kier alpha value is -3.18. The van der Waals surface area contributed by atoms with E-state index in [9.17, 15) is 13.7 Å². The molecule has 0 aromatic heterocycles. The lowest BCUT2D eigenvalue weighted by Crippen LogP contribution is -2.07. The molecule has 8 heteroatoms. The summed E-state index contributed by atoms with van der Waals surface area (Å²) in [4.78, 5) is -0.398. The summed E-state index contributed by atoms with van der Waals surface area (Å²) >= 11 is 0. The van der Waals surface area contributed by atoms with Crippen LogP contribution in [0.25, 0.3) is 6.08 Å². The van der Waals surface area contributed by atoms with Crippen molar-refractivity contribution in [3.63, 3.8) is 0 Å². The minimum Gasteiger partial charge on any atom is -0.497 e. The van der Waals surface area contributed by atoms with Gasteiger partial charge in [0.2, 0.25) is 0 Å². The highest BCUT2D eigenvalue weighted by Gasteiger charge is 2.21. The Labute approximate surface area is 164 Å². The fourth-order valence-electron chi connectivity index (χ4n) is 2.52. The highest BCUT2D eigenvalue weighted by Crippen LogP contribution is 2.36. The molecule has 0 radical (unpaired) electrons. The first-order valence-corrected chi connectivity index (χ1v) is 9.81. The third kappa shape index (κ3) is 4.75. The Balaban J connectivity index is 2.48. The van der Waals surface area contributed by atoms with E-state index in [1.165, 1.54) is 34.5 Å². The minimum absolute atomic E-state index is 0.322. The molecule has 0 saturated heterocycles. The quantitative estimate of drug-likeness (QED) is 0.625. The molecular formula is C20H21NO6S. The normalized spacial score (nSPS) is 11.5. The van der Waals surface area contributed by atoms with Gasteiger partial charge in [0.1, 0.15) is 34.0 Å². The Kier molecular flexibility index (Phi) is 6.90. The van der Waals surface area contributed by atoms with E-state index in [2.05, 4.69) is 0 Å². The van der Waals surface area contributed by atoms with Crippen LogP contribution in [0, 0.1) is 11.3 Å². The van der Waals surface area contributed by atoms with Gasteiger partial charge in [0.05, 0.1) is 39.8 Å². The minimum atomic E-state index is -3.89. The van der Waals surface area contributed by atoms with E-state index >= 15 is 0 Å². The van der Waals surface area contributed by atoms with Gasteiger partial charge in [-0.1, -0.05) is 12.1 Å². The Morgan fingerprint density at radius 2 is 1.46 bits per heavy atom. The summed E-state index contributed by atoms with van der Waals surface area (Å²) in [6.45, 7) is 0. The van der Waals surface area contributed by atoms with Crippen LogP contribution < -0.4 is 18.9 Å². The largest absolute Gasteiger partial charge is 0.497 e. The van der Waals surface area contributed by atoms with Crippen molar-refractivity contribution >= 4 is 15.9 Å². The number of rotatable bonds is 8. The molecule has 0 aliphatic heterocycles. The van der Waals surface area contributed by atoms with Crippen molar-refractivity contribution < 1.29 is 27.4 Å². The summed E-state index contributed by atoms with van der Waals surface area (Å²) < 4.78 is 46.4. The lowest BCUT2D eigenvalue weighted by atomic mass is 10.1. The second kappa shape index (κ2) is 9.15. The molecule has 0 atom stereocenters. The van der Waals surface area contributed by atoms with Crippen LogP contribution in [-0.2, 0) is 15.6 Å². The van der Waals surface area contributed by atoms with Gasteiger partial charge in [-0.3, -0.25) is 0 Å². The molecule has 0 fully saturated rings. The van der Waals surface area contributed by atoms with E-state index in [0.717, 1.165) is 0 Å². The maximum atomic E-state index is 12.8. The van der Waals surface area contributed by atoms with Crippen molar-refractivity contribution in [1.29, 1.82) is 5.26 Å². The number of allylic oxidation sites excluding steroid dienone is 1. The molecule has 7 nitrogen and oxygen atoms in total. The molecule has 2 aromatic rings. The summed E-state index contributed by atoms with van der Waals surface area (Å²) in [6.07, 6.45) is 1.25. The van der Waals surface area contributed by atoms with Crippen molar-refractivity contribution in [2.45, 2.75) is 5.75 Å². The molecule has 28 heavy (non-hydrogen) atoms. The predicted octanol–water partition coefficient (Wildman–Crippen LogP) is 3.20. The molecule has 0 spiro atoms. The molecule has 0 aliphatic carbocycles. The molecule has 0 bridgehead atoms. The first-order chi connectivity index (χ1) is 13.4. The number of nitrogens with zero attached hydrogens (tertiary/aromatic N) is 1. The van der Waals surface area contributed by atoms with Gasteiger partial charge in [-0.15, -0.1) is 0 Å². The van der Waals surface area contributed by atoms with Crippen molar-refractivity contribution in [2.75, 3.05) is 28.4 Å². The van der Waals surface area contributed by atoms with Crippen LogP contribution in [0.1, 0.15) is 11.1 Å². The van der Waals surface area contributed by atoms with E-state index in [4.69, 9.17) is 18.9 Å². The molecule has 0 amide bonds. The average molecular weight is 403 g/mol. The van der Waals surface area contributed by atoms with Crippen molar-refractivity contribution in [1.82, 2.24) is 0 Å². The van der Waals surface area contributed by atoms with Crippen LogP contribution in [0.2, 0.25) is 0 Å². The maximum Gasteiger partial charge on any atom is 0.192 e. The smallest absolute Gasteiger partial charge is 0.192 e. The fourth-order valence-corrected chi connectivity index (χ4v) is 3.74. The molecular weight excluding hydrogens is 382 g/mol. The Morgan fingerprint density at radius 3 is 1.89 bits per heavy atom. The topological polar surface area (TPSA) is 94.9 Å². The van der Waals surface area contributed by atoms with Gasteiger partial charge >= 0.3 is 0 Å². The highest BCUT2D eigenvalue weighted by molar-refractivity contribution is 7.95. The van der Waals surface area contributed by atoms with E-state index in [-0.39, 0.29) is 5.75 Å².